The molecule has 27 heavy (non-hydrogen) atoms. The van der Waals surface area contributed by atoms with E-state index in [1.165, 1.54) is 0 Å². The number of thiophene rings is 1. The van der Waals surface area contributed by atoms with Crippen LogP contribution in [-0.4, -0.2) is 20.9 Å². The van der Waals surface area contributed by atoms with E-state index < -0.39 is 0 Å². The number of nitrogens with two attached hydrogens (primary N) is 1. The van der Waals surface area contributed by atoms with E-state index in [-0.39, 0.29) is 5.91 Å². The Hall–Kier alpha value is -3.45. The van der Waals surface area contributed by atoms with Crippen LogP contribution in [0.3, 0.4) is 0 Å². The van der Waals surface area contributed by atoms with E-state index in [1.807, 2.05) is 48.0 Å². The summed E-state index contributed by atoms with van der Waals surface area (Å²) in [7, 11) is 0. The van der Waals surface area contributed by atoms with Crippen LogP contribution < -0.4 is 11.1 Å². The number of carbonyl (C=O) groups excluding carboxylic acids is 1. The Morgan fingerprint density at radius 1 is 1.07 bits per heavy atom. The molecule has 0 unspecified atom stereocenters. The molecule has 0 radical (unpaired) electrons. The minimum atomic E-state index is -0.194. The maximum Gasteiger partial charge on any atom is 0.255 e. The molecule has 0 bridgehead atoms. The van der Waals surface area contributed by atoms with Gasteiger partial charge in [0.05, 0.1) is 29.0 Å². The molecule has 0 atom stereocenters. The van der Waals surface area contributed by atoms with Crippen LogP contribution in [0, 0.1) is 0 Å². The summed E-state index contributed by atoms with van der Waals surface area (Å²) in [6, 6.07) is 18.6. The molecule has 4 rings (SSSR count). The molecule has 6 nitrogen and oxygen atoms in total. The lowest BCUT2D eigenvalue weighted by Gasteiger charge is -2.08. The summed E-state index contributed by atoms with van der Waals surface area (Å²) in [5, 5.41) is 13.2. The van der Waals surface area contributed by atoms with Crippen molar-refractivity contribution in [3.05, 3.63) is 83.4 Å². The lowest BCUT2D eigenvalue weighted by atomic mass is 10.1. The Bertz CT molecular complexity index is 1050. The Morgan fingerprint density at radius 2 is 1.89 bits per heavy atom. The number of hydrogen-bond acceptors (Lipinski definition) is 5. The number of rotatable bonds is 5. The molecule has 0 aliphatic rings. The Morgan fingerprint density at radius 3 is 2.63 bits per heavy atom. The van der Waals surface area contributed by atoms with Gasteiger partial charge in [0, 0.05) is 5.56 Å². The second kappa shape index (κ2) is 7.43. The molecule has 134 valence electrons. The predicted molar refractivity (Wildman–Crippen MR) is 108 cm³/mol. The van der Waals surface area contributed by atoms with Crippen LogP contribution >= 0.6 is 11.3 Å². The fourth-order valence-electron chi connectivity index (χ4n) is 2.67. The van der Waals surface area contributed by atoms with Crippen molar-refractivity contribution in [3.63, 3.8) is 0 Å². The molecule has 0 saturated carbocycles. The maximum atomic E-state index is 12.4. The van der Waals surface area contributed by atoms with E-state index in [4.69, 9.17) is 5.73 Å². The van der Waals surface area contributed by atoms with Gasteiger partial charge in [0.2, 0.25) is 0 Å². The van der Waals surface area contributed by atoms with Gasteiger partial charge in [0.1, 0.15) is 5.69 Å². The van der Waals surface area contributed by atoms with E-state index in [0.717, 1.165) is 16.1 Å². The summed E-state index contributed by atoms with van der Waals surface area (Å²) in [5.41, 5.74) is 9.48. The van der Waals surface area contributed by atoms with E-state index in [1.54, 1.807) is 40.3 Å². The standard InChI is InChI=1S/C20H17N5OS/c21-16-4-1-2-5-17(16)22-20(26)15-9-7-14(8-10-15)12-25-13-18(23-24-25)19-6-3-11-27-19/h1-11,13H,12,21H2,(H,22,26). The molecule has 0 aliphatic heterocycles. The first-order chi connectivity index (χ1) is 13.2. The Labute approximate surface area is 160 Å². The van der Waals surface area contributed by atoms with Crippen molar-refractivity contribution in [2.75, 3.05) is 11.1 Å². The van der Waals surface area contributed by atoms with Crippen molar-refractivity contribution < 1.29 is 4.79 Å². The van der Waals surface area contributed by atoms with Gasteiger partial charge in [-0.25, -0.2) is 4.68 Å². The summed E-state index contributed by atoms with van der Waals surface area (Å²) in [6.45, 7) is 0.589. The molecule has 3 N–H and O–H groups in total. The fourth-order valence-corrected chi connectivity index (χ4v) is 3.34. The number of nitrogens with zero attached hydrogens (tertiary/aromatic N) is 3. The fraction of sp³-hybridized carbons (Fsp3) is 0.0500. The summed E-state index contributed by atoms with van der Waals surface area (Å²) >= 11 is 1.63. The van der Waals surface area contributed by atoms with Crippen LogP contribution in [0.2, 0.25) is 0 Å². The first kappa shape index (κ1) is 17.0. The van der Waals surface area contributed by atoms with Crippen LogP contribution in [0.15, 0.2) is 72.2 Å². The zero-order valence-electron chi connectivity index (χ0n) is 14.4. The highest BCUT2D eigenvalue weighted by Crippen LogP contribution is 2.22. The minimum absolute atomic E-state index is 0.194. The average molecular weight is 375 g/mol. The molecule has 0 fully saturated rings. The van der Waals surface area contributed by atoms with Crippen molar-refractivity contribution >= 4 is 28.6 Å². The van der Waals surface area contributed by atoms with Crippen LogP contribution in [-0.2, 0) is 6.54 Å². The van der Waals surface area contributed by atoms with Crippen molar-refractivity contribution in [3.8, 4) is 10.6 Å². The molecular weight excluding hydrogens is 358 g/mol. The van der Waals surface area contributed by atoms with E-state index in [2.05, 4.69) is 15.6 Å². The maximum absolute atomic E-state index is 12.4. The van der Waals surface area contributed by atoms with Gasteiger partial charge >= 0.3 is 0 Å². The van der Waals surface area contributed by atoms with Gasteiger partial charge in [-0.2, -0.15) is 0 Å². The molecule has 2 aromatic heterocycles. The summed E-state index contributed by atoms with van der Waals surface area (Å²) in [6.07, 6.45) is 1.92. The number of para-hydroxylation sites is 2. The summed E-state index contributed by atoms with van der Waals surface area (Å²) in [5.74, 6) is -0.194. The number of nitrogens with one attached hydrogen (secondary N) is 1. The van der Waals surface area contributed by atoms with Crippen LogP contribution in [0.5, 0.6) is 0 Å². The highest BCUT2D eigenvalue weighted by atomic mass is 32.1. The van der Waals surface area contributed by atoms with E-state index in [0.29, 0.717) is 23.5 Å². The third-order valence-corrected chi connectivity index (χ3v) is 4.97. The van der Waals surface area contributed by atoms with Crippen LogP contribution in [0.25, 0.3) is 10.6 Å². The Balaban J connectivity index is 1.43. The molecule has 7 heteroatoms. The SMILES string of the molecule is Nc1ccccc1NC(=O)c1ccc(Cn2cc(-c3cccs3)nn2)cc1. The summed E-state index contributed by atoms with van der Waals surface area (Å²) < 4.78 is 1.79. The predicted octanol–water partition coefficient (Wildman–Crippen LogP) is 3.89. The number of benzene rings is 2. The van der Waals surface area contributed by atoms with Gasteiger partial charge in [-0.05, 0) is 41.3 Å². The third-order valence-electron chi connectivity index (χ3n) is 4.08. The molecular formula is C20H17N5OS. The molecule has 4 aromatic rings. The van der Waals surface area contributed by atoms with E-state index >= 15 is 0 Å². The lowest BCUT2D eigenvalue weighted by Crippen LogP contribution is -2.13. The van der Waals surface area contributed by atoms with Gasteiger partial charge in [-0.3, -0.25) is 4.79 Å². The van der Waals surface area contributed by atoms with Crippen LogP contribution in [0.4, 0.5) is 11.4 Å². The van der Waals surface area contributed by atoms with Crippen LogP contribution in [0.1, 0.15) is 15.9 Å². The van der Waals surface area contributed by atoms with Crippen molar-refractivity contribution in [1.29, 1.82) is 0 Å². The first-order valence-electron chi connectivity index (χ1n) is 8.38. The third kappa shape index (κ3) is 3.88. The lowest BCUT2D eigenvalue weighted by molar-refractivity contribution is 0.102. The smallest absolute Gasteiger partial charge is 0.255 e. The number of hydrogen-bond donors (Lipinski definition) is 2. The number of carbonyl (C=O) groups is 1. The second-order valence-electron chi connectivity index (χ2n) is 6.02. The zero-order chi connectivity index (χ0) is 18.6. The number of nitrogen functional groups attached to an aromatic ring is 1. The Kier molecular flexibility index (Phi) is 4.67. The highest BCUT2D eigenvalue weighted by Gasteiger charge is 2.09. The van der Waals surface area contributed by atoms with Gasteiger partial charge in [-0.15, -0.1) is 16.4 Å². The highest BCUT2D eigenvalue weighted by molar-refractivity contribution is 7.13. The van der Waals surface area contributed by atoms with Crippen molar-refractivity contribution in [1.82, 2.24) is 15.0 Å². The first-order valence-corrected chi connectivity index (χ1v) is 9.26. The topological polar surface area (TPSA) is 85.8 Å². The number of anilines is 2. The van der Waals surface area contributed by atoms with Gasteiger partial charge in [-0.1, -0.05) is 35.5 Å². The monoisotopic (exact) mass is 375 g/mol. The van der Waals surface area contributed by atoms with Crippen molar-refractivity contribution in [2.24, 2.45) is 0 Å². The molecule has 1 amide bonds. The molecule has 0 spiro atoms. The average Bonchev–Trinajstić information content (AvgIpc) is 3.36. The number of aromatic nitrogens is 3. The number of amides is 1. The largest absolute Gasteiger partial charge is 0.397 e. The van der Waals surface area contributed by atoms with Crippen molar-refractivity contribution in [2.45, 2.75) is 6.54 Å². The van der Waals surface area contributed by atoms with Gasteiger partial charge in [0.25, 0.3) is 5.91 Å². The van der Waals surface area contributed by atoms with Gasteiger partial charge < -0.3 is 11.1 Å². The second-order valence-corrected chi connectivity index (χ2v) is 6.96. The normalized spacial score (nSPS) is 10.7. The molecule has 2 heterocycles. The quantitative estimate of drug-likeness (QED) is 0.518. The molecule has 2 aromatic carbocycles. The molecule has 0 aliphatic carbocycles. The van der Waals surface area contributed by atoms with Gasteiger partial charge in [0.15, 0.2) is 0 Å². The van der Waals surface area contributed by atoms with E-state index in [9.17, 15) is 4.79 Å². The minimum Gasteiger partial charge on any atom is -0.397 e. The summed E-state index contributed by atoms with van der Waals surface area (Å²) in [4.78, 5) is 13.5. The molecule has 0 saturated heterocycles. The zero-order valence-corrected chi connectivity index (χ0v) is 15.2.